The van der Waals surface area contributed by atoms with Crippen molar-refractivity contribution in [2.75, 3.05) is 6.61 Å². The summed E-state index contributed by atoms with van der Waals surface area (Å²) >= 11 is 1.72. The number of hydrogen-bond acceptors (Lipinski definition) is 3. The molecule has 0 aliphatic rings. The van der Waals surface area contributed by atoms with Gasteiger partial charge in [0.25, 0.3) is 0 Å². The number of fused-ring (bicyclic) bond motifs is 3. The number of rotatable bonds is 4. The second-order valence-electron chi connectivity index (χ2n) is 5.52. The molecule has 0 unspecified atom stereocenters. The zero-order chi connectivity index (χ0) is 16.4. The van der Waals surface area contributed by atoms with Gasteiger partial charge in [-0.05, 0) is 42.1 Å². The first-order valence-corrected chi connectivity index (χ1v) is 8.84. The summed E-state index contributed by atoms with van der Waals surface area (Å²) in [7, 11) is 0. The van der Waals surface area contributed by atoms with Gasteiger partial charge in [-0.1, -0.05) is 48.5 Å². The molecule has 2 nitrogen and oxygen atoms in total. The van der Waals surface area contributed by atoms with Gasteiger partial charge in [0.2, 0.25) is 0 Å². The third kappa shape index (κ3) is 2.91. The molecular formula is C21H17NOS. The van der Waals surface area contributed by atoms with E-state index in [1.54, 1.807) is 11.3 Å². The van der Waals surface area contributed by atoms with Crippen molar-refractivity contribution in [1.82, 2.24) is 4.98 Å². The summed E-state index contributed by atoms with van der Waals surface area (Å²) in [6.45, 7) is 2.68. The smallest absolute Gasteiger partial charge is 0.119 e. The molecule has 0 saturated carbocycles. The second kappa shape index (κ2) is 6.46. The van der Waals surface area contributed by atoms with Gasteiger partial charge in [-0.3, -0.25) is 0 Å². The van der Waals surface area contributed by atoms with Crippen LogP contribution < -0.4 is 4.74 Å². The van der Waals surface area contributed by atoms with Gasteiger partial charge in [0.05, 0.1) is 16.8 Å². The summed E-state index contributed by atoms with van der Waals surface area (Å²) in [4.78, 5) is 4.81. The Morgan fingerprint density at radius 1 is 0.958 bits per heavy atom. The van der Waals surface area contributed by atoms with Crippen molar-refractivity contribution in [1.29, 1.82) is 0 Å². The van der Waals surface area contributed by atoms with E-state index in [0.29, 0.717) is 6.61 Å². The average molecular weight is 331 g/mol. The highest BCUT2D eigenvalue weighted by molar-refractivity contribution is 7.19. The van der Waals surface area contributed by atoms with Crippen LogP contribution in [0, 0.1) is 0 Å². The molecule has 0 radical (unpaired) electrons. The fourth-order valence-electron chi connectivity index (χ4n) is 2.76. The molecular weight excluding hydrogens is 314 g/mol. The Balaban J connectivity index is 1.65. The van der Waals surface area contributed by atoms with Gasteiger partial charge >= 0.3 is 0 Å². The molecule has 118 valence electrons. The molecule has 0 fully saturated rings. The first-order chi connectivity index (χ1) is 11.8. The molecule has 1 heterocycles. The highest BCUT2D eigenvalue weighted by Gasteiger charge is 2.05. The third-order valence-electron chi connectivity index (χ3n) is 3.91. The molecule has 0 N–H and O–H groups in total. The Hall–Kier alpha value is -2.65. The summed E-state index contributed by atoms with van der Waals surface area (Å²) in [6, 6.07) is 20.8. The standard InChI is InChI=1S/C21H17NOS/c1-2-23-17-11-7-15(8-12-17)9-14-20-22-21-18-6-4-3-5-16(18)10-13-19(21)24-20/h3-14H,2H2,1H3/b14-9+. The number of benzene rings is 3. The van der Waals surface area contributed by atoms with Gasteiger partial charge in [-0.25, -0.2) is 4.98 Å². The molecule has 3 heteroatoms. The van der Waals surface area contributed by atoms with E-state index in [0.717, 1.165) is 21.8 Å². The Morgan fingerprint density at radius 2 is 1.79 bits per heavy atom. The normalized spacial score (nSPS) is 11.5. The number of thiazole rings is 1. The lowest BCUT2D eigenvalue weighted by Crippen LogP contribution is -1.90. The minimum Gasteiger partial charge on any atom is -0.494 e. The summed E-state index contributed by atoms with van der Waals surface area (Å²) in [5.74, 6) is 0.904. The minimum absolute atomic E-state index is 0.689. The highest BCUT2D eigenvalue weighted by atomic mass is 32.1. The minimum atomic E-state index is 0.689. The van der Waals surface area contributed by atoms with Gasteiger partial charge in [0.1, 0.15) is 10.8 Å². The van der Waals surface area contributed by atoms with Crippen LogP contribution in [-0.4, -0.2) is 11.6 Å². The topological polar surface area (TPSA) is 22.1 Å². The van der Waals surface area contributed by atoms with Crippen LogP contribution in [0.15, 0.2) is 60.7 Å². The fourth-order valence-corrected chi connectivity index (χ4v) is 3.65. The number of aromatic nitrogens is 1. The second-order valence-corrected chi connectivity index (χ2v) is 6.58. The maximum atomic E-state index is 5.47. The summed E-state index contributed by atoms with van der Waals surface area (Å²) in [5, 5.41) is 3.47. The van der Waals surface area contributed by atoms with Crippen LogP contribution in [0.5, 0.6) is 5.75 Å². The third-order valence-corrected chi connectivity index (χ3v) is 4.90. The Labute approximate surface area is 145 Å². The largest absolute Gasteiger partial charge is 0.494 e. The van der Waals surface area contributed by atoms with E-state index >= 15 is 0 Å². The molecule has 0 spiro atoms. The van der Waals surface area contributed by atoms with Gasteiger partial charge in [-0.2, -0.15) is 0 Å². The summed E-state index contributed by atoms with van der Waals surface area (Å²) in [6.07, 6.45) is 4.17. The molecule has 4 aromatic rings. The molecule has 3 aromatic carbocycles. The zero-order valence-electron chi connectivity index (χ0n) is 13.4. The maximum Gasteiger partial charge on any atom is 0.119 e. The van der Waals surface area contributed by atoms with Crippen molar-refractivity contribution in [3.05, 3.63) is 71.2 Å². The molecule has 4 rings (SSSR count). The first-order valence-electron chi connectivity index (χ1n) is 8.03. The molecule has 0 bridgehead atoms. The number of ether oxygens (including phenoxy) is 1. The molecule has 0 aliphatic heterocycles. The molecule has 0 amide bonds. The van der Waals surface area contributed by atoms with Crippen molar-refractivity contribution in [2.45, 2.75) is 6.92 Å². The summed E-state index contributed by atoms with van der Waals surface area (Å²) < 4.78 is 6.69. The number of hydrogen-bond donors (Lipinski definition) is 0. The fraction of sp³-hybridized carbons (Fsp3) is 0.0952. The number of nitrogens with zero attached hydrogens (tertiary/aromatic N) is 1. The van der Waals surface area contributed by atoms with Crippen LogP contribution >= 0.6 is 11.3 Å². The van der Waals surface area contributed by atoms with E-state index in [4.69, 9.17) is 9.72 Å². The van der Waals surface area contributed by atoms with Crippen LogP contribution in [0.2, 0.25) is 0 Å². The van der Waals surface area contributed by atoms with Gasteiger partial charge in [0, 0.05) is 5.39 Å². The van der Waals surface area contributed by atoms with Gasteiger partial charge in [-0.15, -0.1) is 11.3 Å². The summed E-state index contributed by atoms with van der Waals surface area (Å²) in [5.41, 5.74) is 2.23. The van der Waals surface area contributed by atoms with Crippen LogP contribution in [0.25, 0.3) is 33.1 Å². The lowest BCUT2D eigenvalue weighted by Gasteiger charge is -2.01. The van der Waals surface area contributed by atoms with Crippen molar-refractivity contribution in [2.24, 2.45) is 0 Å². The van der Waals surface area contributed by atoms with Crippen molar-refractivity contribution in [3.63, 3.8) is 0 Å². The maximum absolute atomic E-state index is 5.47. The predicted molar refractivity (Wildman–Crippen MR) is 104 cm³/mol. The van der Waals surface area contributed by atoms with Gasteiger partial charge in [0.15, 0.2) is 0 Å². The van der Waals surface area contributed by atoms with Crippen LogP contribution in [0.1, 0.15) is 17.5 Å². The van der Waals surface area contributed by atoms with Crippen LogP contribution in [0.4, 0.5) is 0 Å². The monoisotopic (exact) mass is 331 g/mol. The van der Waals surface area contributed by atoms with E-state index in [2.05, 4.69) is 60.7 Å². The van der Waals surface area contributed by atoms with E-state index in [1.807, 2.05) is 19.1 Å². The zero-order valence-corrected chi connectivity index (χ0v) is 14.2. The first kappa shape index (κ1) is 14.9. The Kier molecular flexibility index (Phi) is 4.01. The Morgan fingerprint density at radius 3 is 2.62 bits per heavy atom. The highest BCUT2D eigenvalue weighted by Crippen LogP contribution is 2.30. The van der Waals surface area contributed by atoms with E-state index < -0.39 is 0 Å². The lowest BCUT2D eigenvalue weighted by atomic mass is 10.1. The van der Waals surface area contributed by atoms with Gasteiger partial charge < -0.3 is 4.74 Å². The van der Waals surface area contributed by atoms with Crippen molar-refractivity contribution >= 4 is 44.5 Å². The van der Waals surface area contributed by atoms with Crippen LogP contribution in [-0.2, 0) is 0 Å². The van der Waals surface area contributed by atoms with Crippen molar-refractivity contribution < 1.29 is 4.74 Å². The van der Waals surface area contributed by atoms with Crippen LogP contribution in [0.3, 0.4) is 0 Å². The molecule has 0 saturated heterocycles. The SMILES string of the molecule is CCOc1ccc(/C=C/c2nc3c(ccc4ccccc43)s2)cc1. The van der Waals surface area contributed by atoms with Crippen molar-refractivity contribution in [3.8, 4) is 5.75 Å². The Bertz CT molecular complexity index is 1020. The molecule has 24 heavy (non-hydrogen) atoms. The average Bonchev–Trinajstić information content (AvgIpc) is 3.05. The molecule has 1 aromatic heterocycles. The molecule has 0 atom stereocenters. The molecule has 0 aliphatic carbocycles. The van der Waals surface area contributed by atoms with E-state index in [9.17, 15) is 0 Å². The van der Waals surface area contributed by atoms with E-state index in [-0.39, 0.29) is 0 Å². The van der Waals surface area contributed by atoms with E-state index in [1.165, 1.54) is 15.5 Å². The predicted octanol–water partition coefficient (Wildman–Crippen LogP) is 6.02. The quantitative estimate of drug-likeness (QED) is 0.456. The lowest BCUT2D eigenvalue weighted by molar-refractivity contribution is 0.340.